The summed E-state index contributed by atoms with van der Waals surface area (Å²) in [5, 5.41) is 67.6. The van der Waals surface area contributed by atoms with Gasteiger partial charge in [-0.25, -0.2) is 0 Å². The van der Waals surface area contributed by atoms with Crippen molar-refractivity contribution in [2.75, 3.05) is 26.6 Å². The number of rotatable bonds is 1. The summed E-state index contributed by atoms with van der Waals surface area (Å²) in [6, 6.07) is 0. The van der Waals surface area contributed by atoms with Crippen LogP contribution in [0.15, 0.2) is 0 Å². The first-order chi connectivity index (χ1) is 10.3. The molecule has 0 radical (unpaired) electrons. The molecule has 0 bridgehead atoms. The highest BCUT2D eigenvalue weighted by molar-refractivity contribution is 4.85. The third kappa shape index (κ3) is 6.79. The van der Waals surface area contributed by atoms with Crippen LogP contribution in [0.3, 0.4) is 0 Å². The lowest BCUT2D eigenvalue weighted by Gasteiger charge is -2.34. The highest BCUT2D eigenvalue weighted by atomic mass is 16.5. The molecule has 8 N–H and O–H groups in total. The molecule has 7 atom stereocenters. The third-order valence-electron chi connectivity index (χ3n) is 3.19. The molecule has 2 heterocycles. The van der Waals surface area contributed by atoms with Crippen LogP contribution in [0.25, 0.3) is 0 Å². The number of aliphatic hydroxyl groups excluding tert-OH is 7. The average Bonchev–Trinajstić information content (AvgIpc) is 2.78. The van der Waals surface area contributed by atoms with Crippen molar-refractivity contribution in [1.29, 1.82) is 0 Å². The van der Waals surface area contributed by atoms with Gasteiger partial charge in [-0.05, 0) is 6.92 Å². The standard InChI is InChI=1S/C6H12O5.C5H10O3.CH4O2/c7-1-4-6(10)5(9)3(8)2-11-4;1-3-5(7)4(6)2-8-3;2-1-3/h3-10H,1-2H2;3-7H,2H2,1H3;2-3H,1H2. The molecule has 134 valence electrons. The number of hydrogen-bond acceptors (Lipinski definition) is 10. The molecular formula is C12H26O10. The Morgan fingerprint density at radius 1 is 0.773 bits per heavy atom. The minimum Gasteiger partial charge on any atom is -0.394 e. The Kier molecular flexibility index (Phi) is 11.0. The molecule has 2 rings (SSSR count). The zero-order valence-electron chi connectivity index (χ0n) is 12.3. The minimum atomic E-state index is -1.22. The van der Waals surface area contributed by atoms with Gasteiger partial charge in [0.2, 0.25) is 0 Å². The van der Waals surface area contributed by atoms with Gasteiger partial charge in [0.05, 0.1) is 25.9 Å². The van der Waals surface area contributed by atoms with Crippen molar-refractivity contribution >= 4 is 0 Å². The van der Waals surface area contributed by atoms with Crippen molar-refractivity contribution < 1.29 is 50.3 Å². The first-order valence-electron chi connectivity index (χ1n) is 6.76. The first-order valence-corrected chi connectivity index (χ1v) is 6.76. The van der Waals surface area contributed by atoms with Crippen LogP contribution in [0.5, 0.6) is 0 Å². The van der Waals surface area contributed by atoms with Crippen LogP contribution in [-0.4, -0.2) is 110 Å². The van der Waals surface area contributed by atoms with E-state index >= 15 is 0 Å². The lowest BCUT2D eigenvalue weighted by molar-refractivity contribution is -0.195. The van der Waals surface area contributed by atoms with Crippen molar-refractivity contribution in [3.63, 3.8) is 0 Å². The van der Waals surface area contributed by atoms with E-state index in [1.807, 2.05) is 0 Å². The monoisotopic (exact) mass is 330 g/mol. The Hall–Kier alpha value is -0.400. The second-order valence-electron chi connectivity index (χ2n) is 4.84. The minimum absolute atomic E-state index is 0.0521. The van der Waals surface area contributed by atoms with E-state index in [0.717, 1.165) is 0 Å². The molecule has 10 nitrogen and oxygen atoms in total. The van der Waals surface area contributed by atoms with Crippen molar-refractivity contribution in [3.05, 3.63) is 0 Å². The maximum Gasteiger partial charge on any atom is 0.140 e. The van der Waals surface area contributed by atoms with Crippen molar-refractivity contribution in [1.82, 2.24) is 0 Å². The van der Waals surface area contributed by atoms with Gasteiger partial charge in [-0.1, -0.05) is 0 Å². The molecular weight excluding hydrogens is 304 g/mol. The highest BCUT2D eigenvalue weighted by Gasteiger charge is 2.36. The van der Waals surface area contributed by atoms with Gasteiger partial charge in [0.15, 0.2) is 0 Å². The third-order valence-corrected chi connectivity index (χ3v) is 3.19. The number of hydrogen-bond donors (Lipinski definition) is 8. The predicted molar refractivity (Wildman–Crippen MR) is 71.6 cm³/mol. The van der Waals surface area contributed by atoms with E-state index in [9.17, 15) is 0 Å². The predicted octanol–water partition coefficient (Wildman–Crippen LogP) is -4.48. The molecule has 10 heteroatoms. The summed E-state index contributed by atoms with van der Waals surface area (Å²) in [5.41, 5.74) is 0. The summed E-state index contributed by atoms with van der Waals surface area (Å²) in [5.74, 6) is 0. The molecule has 0 saturated carbocycles. The smallest absolute Gasteiger partial charge is 0.140 e. The topological polar surface area (TPSA) is 180 Å². The molecule has 0 aliphatic carbocycles. The molecule has 2 fully saturated rings. The van der Waals surface area contributed by atoms with Crippen LogP contribution in [0, 0.1) is 0 Å². The molecule has 0 aromatic heterocycles. The van der Waals surface area contributed by atoms with Crippen molar-refractivity contribution in [2.24, 2.45) is 0 Å². The normalized spacial score (nSPS) is 41.0. The summed E-state index contributed by atoms with van der Waals surface area (Å²) in [4.78, 5) is 0. The van der Waals surface area contributed by atoms with Crippen LogP contribution in [0.1, 0.15) is 6.92 Å². The molecule has 2 saturated heterocycles. The van der Waals surface area contributed by atoms with Gasteiger partial charge >= 0.3 is 0 Å². The quantitative estimate of drug-likeness (QED) is 0.218. The molecule has 7 unspecified atom stereocenters. The van der Waals surface area contributed by atoms with Crippen LogP contribution in [0.4, 0.5) is 0 Å². The second-order valence-corrected chi connectivity index (χ2v) is 4.84. The molecule has 22 heavy (non-hydrogen) atoms. The number of ether oxygens (including phenoxy) is 2. The zero-order chi connectivity index (χ0) is 17.3. The van der Waals surface area contributed by atoms with Crippen molar-refractivity contribution in [3.8, 4) is 0 Å². The highest BCUT2D eigenvalue weighted by Crippen LogP contribution is 2.14. The zero-order valence-corrected chi connectivity index (χ0v) is 12.3. The fourth-order valence-electron chi connectivity index (χ4n) is 1.79. The van der Waals surface area contributed by atoms with E-state index < -0.39 is 43.4 Å². The van der Waals surface area contributed by atoms with Crippen LogP contribution in [-0.2, 0) is 9.47 Å². The summed E-state index contributed by atoms with van der Waals surface area (Å²) < 4.78 is 9.69. The van der Waals surface area contributed by atoms with Crippen LogP contribution in [0.2, 0.25) is 0 Å². The molecule has 0 aromatic carbocycles. The van der Waals surface area contributed by atoms with E-state index in [2.05, 4.69) is 0 Å². The maximum absolute atomic E-state index is 9.11. The SMILES string of the molecule is CC1OCC(O)C1O.OCC1OCC(O)C(O)C1O.OCO. The Morgan fingerprint density at radius 3 is 1.55 bits per heavy atom. The van der Waals surface area contributed by atoms with Gasteiger partial charge in [-0.15, -0.1) is 0 Å². The fourth-order valence-corrected chi connectivity index (χ4v) is 1.79. The summed E-state index contributed by atoms with van der Waals surface area (Å²) >= 11 is 0. The lowest BCUT2D eigenvalue weighted by atomic mass is 10.0. The van der Waals surface area contributed by atoms with Gasteiger partial charge in [0.25, 0.3) is 0 Å². The lowest BCUT2D eigenvalue weighted by Crippen LogP contribution is -2.53. The Morgan fingerprint density at radius 2 is 1.23 bits per heavy atom. The molecule has 0 aromatic rings. The van der Waals surface area contributed by atoms with Gasteiger partial charge in [-0.2, -0.15) is 0 Å². The number of aliphatic hydroxyl groups is 8. The molecule has 2 aliphatic heterocycles. The van der Waals surface area contributed by atoms with E-state index in [0.29, 0.717) is 0 Å². The fraction of sp³-hybridized carbons (Fsp3) is 1.00. The van der Waals surface area contributed by atoms with Gasteiger partial charge < -0.3 is 50.3 Å². The Balaban J connectivity index is 0.000000352. The Bertz CT molecular complexity index is 267. The van der Waals surface area contributed by atoms with E-state index in [4.69, 9.17) is 50.3 Å². The second kappa shape index (κ2) is 11.2. The van der Waals surface area contributed by atoms with Crippen LogP contribution < -0.4 is 0 Å². The summed E-state index contributed by atoms with van der Waals surface area (Å²) in [7, 11) is 0. The summed E-state index contributed by atoms with van der Waals surface area (Å²) in [6.45, 7) is 0.845. The average molecular weight is 330 g/mol. The Labute approximate surface area is 127 Å². The molecule has 2 aliphatic rings. The van der Waals surface area contributed by atoms with Gasteiger partial charge in [0.1, 0.15) is 43.4 Å². The van der Waals surface area contributed by atoms with E-state index in [-0.39, 0.29) is 25.9 Å². The maximum atomic E-state index is 9.11. The van der Waals surface area contributed by atoms with Gasteiger partial charge in [0, 0.05) is 0 Å². The van der Waals surface area contributed by atoms with Crippen molar-refractivity contribution in [2.45, 2.75) is 49.7 Å². The van der Waals surface area contributed by atoms with Crippen LogP contribution >= 0.6 is 0 Å². The molecule has 0 spiro atoms. The van der Waals surface area contributed by atoms with E-state index in [1.54, 1.807) is 6.92 Å². The first kappa shape index (κ1) is 21.6. The molecule has 0 amide bonds. The van der Waals surface area contributed by atoms with Gasteiger partial charge in [-0.3, -0.25) is 0 Å². The van der Waals surface area contributed by atoms with E-state index in [1.165, 1.54) is 0 Å². The largest absolute Gasteiger partial charge is 0.394 e. The summed E-state index contributed by atoms with van der Waals surface area (Å²) in [6.07, 6.45) is -5.84.